The van der Waals surface area contributed by atoms with Crippen molar-refractivity contribution >= 4 is 0 Å². The molecule has 1 heterocycles. The lowest BCUT2D eigenvalue weighted by atomic mass is 10.1. The Morgan fingerprint density at radius 1 is 0.862 bits per heavy atom. The second kappa shape index (κ2) is 9.49. The summed E-state index contributed by atoms with van der Waals surface area (Å²) < 4.78 is 49.9. The Labute approximate surface area is 167 Å². The maximum Gasteiger partial charge on any atom is 0.435 e. The number of hydrogen-bond acceptors (Lipinski definition) is 3. The average Bonchev–Trinajstić information content (AvgIpc) is 3.21. The van der Waals surface area contributed by atoms with E-state index in [0.29, 0.717) is 19.6 Å². The molecule has 0 radical (unpaired) electrons. The van der Waals surface area contributed by atoms with E-state index in [9.17, 15) is 13.2 Å². The van der Waals surface area contributed by atoms with Gasteiger partial charge in [0.2, 0.25) is 0 Å². The monoisotopic (exact) mass is 404 g/mol. The molecular formula is C22H23F3N2O2. The summed E-state index contributed by atoms with van der Waals surface area (Å²) in [6.45, 7) is 0.997. The van der Waals surface area contributed by atoms with Crippen molar-refractivity contribution < 1.29 is 22.6 Å². The van der Waals surface area contributed by atoms with Crippen molar-refractivity contribution in [1.29, 1.82) is 0 Å². The van der Waals surface area contributed by atoms with Crippen LogP contribution in [0.25, 0.3) is 0 Å². The Bertz CT molecular complexity index is 888. The van der Waals surface area contributed by atoms with Gasteiger partial charge in [-0.15, -0.1) is 0 Å². The maximum atomic E-state index is 12.6. The van der Waals surface area contributed by atoms with Crippen molar-refractivity contribution in [2.45, 2.75) is 32.0 Å². The van der Waals surface area contributed by atoms with Gasteiger partial charge >= 0.3 is 6.18 Å². The fourth-order valence-electron chi connectivity index (χ4n) is 2.89. The summed E-state index contributed by atoms with van der Waals surface area (Å²) in [6.07, 6.45) is -0.641. The molecule has 7 heteroatoms. The number of hydrogen-bond donors (Lipinski definition) is 0. The fraction of sp³-hybridized carbons (Fsp3) is 0.318. The second-order valence-electron chi connectivity index (χ2n) is 6.66. The van der Waals surface area contributed by atoms with Gasteiger partial charge in [0.1, 0.15) is 11.5 Å². The molecule has 0 spiro atoms. The van der Waals surface area contributed by atoms with Crippen LogP contribution in [0, 0.1) is 0 Å². The quantitative estimate of drug-likeness (QED) is 0.462. The summed E-state index contributed by atoms with van der Waals surface area (Å²) in [7, 11) is 1.65. The van der Waals surface area contributed by atoms with E-state index in [0.717, 1.165) is 36.0 Å². The van der Waals surface area contributed by atoms with Gasteiger partial charge in [-0.25, -0.2) is 0 Å². The van der Waals surface area contributed by atoms with Crippen LogP contribution < -0.4 is 9.47 Å². The first-order valence-electron chi connectivity index (χ1n) is 9.39. The highest BCUT2D eigenvalue weighted by Crippen LogP contribution is 2.27. The van der Waals surface area contributed by atoms with E-state index in [2.05, 4.69) is 5.10 Å². The zero-order valence-corrected chi connectivity index (χ0v) is 16.2. The van der Waals surface area contributed by atoms with Crippen LogP contribution in [0.5, 0.6) is 11.5 Å². The highest BCUT2D eigenvalue weighted by Gasteiger charge is 2.33. The van der Waals surface area contributed by atoms with E-state index in [1.165, 1.54) is 16.4 Å². The molecule has 4 nitrogen and oxygen atoms in total. The Kier molecular flexibility index (Phi) is 6.80. The van der Waals surface area contributed by atoms with E-state index in [-0.39, 0.29) is 0 Å². The number of nitrogens with zero attached hydrogens (tertiary/aromatic N) is 2. The molecule has 0 aliphatic rings. The number of methoxy groups -OCH3 is 1. The van der Waals surface area contributed by atoms with Crippen LogP contribution >= 0.6 is 0 Å². The minimum atomic E-state index is -4.41. The van der Waals surface area contributed by atoms with Gasteiger partial charge in [0.25, 0.3) is 0 Å². The van der Waals surface area contributed by atoms with Gasteiger partial charge < -0.3 is 9.47 Å². The summed E-state index contributed by atoms with van der Waals surface area (Å²) in [5, 5.41) is 3.56. The zero-order chi connectivity index (χ0) is 20.7. The normalized spacial score (nSPS) is 11.4. The maximum absolute atomic E-state index is 12.6. The van der Waals surface area contributed by atoms with Crippen LogP contribution in [0.3, 0.4) is 0 Å². The third-order valence-corrected chi connectivity index (χ3v) is 4.52. The van der Waals surface area contributed by atoms with E-state index in [1.54, 1.807) is 7.11 Å². The van der Waals surface area contributed by atoms with Gasteiger partial charge in [-0.1, -0.05) is 24.3 Å². The minimum absolute atomic E-state index is 0.387. The van der Waals surface area contributed by atoms with Crippen molar-refractivity contribution in [3.63, 3.8) is 0 Å². The molecule has 0 bridgehead atoms. The van der Waals surface area contributed by atoms with Gasteiger partial charge in [0, 0.05) is 12.7 Å². The lowest BCUT2D eigenvalue weighted by Gasteiger charge is -2.08. The van der Waals surface area contributed by atoms with Crippen molar-refractivity contribution in [2.24, 2.45) is 0 Å². The molecule has 0 aliphatic carbocycles. The predicted molar refractivity (Wildman–Crippen MR) is 104 cm³/mol. The molecule has 0 fully saturated rings. The number of halogens is 3. The van der Waals surface area contributed by atoms with Gasteiger partial charge in [-0.3, -0.25) is 4.68 Å². The SMILES string of the molecule is COc1ccc(CCCOc2ccc(CCn3ccc(C(F)(F)F)n3)cc2)cc1. The van der Waals surface area contributed by atoms with Gasteiger partial charge in [-0.05, 0) is 60.7 Å². The summed E-state index contributed by atoms with van der Waals surface area (Å²) in [4.78, 5) is 0. The number of aromatic nitrogens is 2. The largest absolute Gasteiger partial charge is 0.497 e. The van der Waals surface area contributed by atoms with Crippen LogP contribution in [0.2, 0.25) is 0 Å². The van der Waals surface area contributed by atoms with Gasteiger partial charge in [-0.2, -0.15) is 18.3 Å². The smallest absolute Gasteiger partial charge is 0.435 e. The molecule has 0 unspecified atom stereocenters. The van der Waals surface area contributed by atoms with Crippen LogP contribution in [0.15, 0.2) is 60.8 Å². The first-order chi connectivity index (χ1) is 13.9. The summed E-state index contributed by atoms with van der Waals surface area (Å²) in [5.41, 5.74) is 1.38. The molecule has 29 heavy (non-hydrogen) atoms. The van der Waals surface area contributed by atoms with Crippen molar-refractivity contribution in [3.8, 4) is 11.5 Å². The van der Waals surface area contributed by atoms with Crippen LogP contribution in [-0.2, 0) is 25.6 Å². The molecule has 3 rings (SSSR count). The molecule has 0 saturated carbocycles. The van der Waals surface area contributed by atoms with Crippen LogP contribution in [0.4, 0.5) is 13.2 Å². The number of ether oxygens (including phenoxy) is 2. The van der Waals surface area contributed by atoms with E-state index < -0.39 is 11.9 Å². The van der Waals surface area contributed by atoms with E-state index in [4.69, 9.17) is 9.47 Å². The summed E-state index contributed by atoms with van der Waals surface area (Å²) >= 11 is 0. The third-order valence-electron chi connectivity index (χ3n) is 4.52. The molecule has 154 valence electrons. The highest BCUT2D eigenvalue weighted by molar-refractivity contribution is 5.28. The van der Waals surface area contributed by atoms with E-state index >= 15 is 0 Å². The number of benzene rings is 2. The Morgan fingerprint density at radius 3 is 2.07 bits per heavy atom. The fourth-order valence-corrected chi connectivity index (χ4v) is 2.89. The number of aryl methyl sites for hydroxylation is 3. The zero-order valence-electron chi connectivity index (χ0n) is 16.2. The highest BCUT2D eigenvalue weighted by atomic mass is 19.4. The molecule has 0 N–H and O–H groups in total. The van der Waals surface area contributed by atoms with E-state index in [1.807, 2.05) is 48.5 Å². The minimum Gasteiger partial charge on any atom is -0.497 e. The summed E-state index contributed by atoms with van der Waals surface area (Å²) in [5.74, 6) is 1.63. The second-order valence-corrected chi connectivity index (χ2v) is 6.66. The predicted octanol–water partition coefficient (Wildman–Crippen LogP) is 5.16. The molecule has 2 aromatic carbocycles. The topological polar surface area (TPSA) is 36.3 Å². The molecule has 0 amide bonds. The standard InChI is InChI=1S/C22H23F3N2O2/c1-28-19-8-4-17(5-9-19)3-2-16-29-20-10-6-18(7-11-20)12-14-27-15-13-21(26-27)22(23,24)25/h4-11,13,15H,2-3,12,14,16H2,1H3. The van der Waals surface area contributed by atoms with Gasteiger partial charge in [0.15, 0.2) is 5.69 Å². The number of rotatable bonds is 9. The molecule has 3 aromatic rings. The number of alkyl halides is 3. The van der Waals surface area contributed by atoms with Gasteiger partial charge in [0.05, 0.1) is 13.7 Å². The molecule has 1 aromatic heterocycles. The lowest BCUT2D eigenvalue weighted by Crippen LogP contribution is -2.09. The third kappa shape index (κ3) is 6.27. The average molecular weight is 404 g/mol. The summed E-state index contributed by atoms with van der Waals surface area (Å²) in [6, 6.07) is 16.6. The molecule has 0 saturated heterocycles. The first kappa shape index (κ1) is 20.8. The first-order valence-corrected chi connectivity index (χ1v) is 9.39. The lowest BCUT2D eigenvalue weighted by molar-refractivity contribution is -0.141. The van der Waals surface area contributed by atoms with Crippen LogP contribution in [0.1, 0.15) is 23.2 Å². The Balaban J connectivity index is 1.39. The molecule has 0 atom stereocenters. The van der Waals surface area contributed by atoms with Crippen molar-refractivity contribution in [2.75, 3.05) is 13.7 Å². The van der Waals surface area contributed by atoms with Crippen LogP contribution in [-0.4, -0.2) is 23.5 Å². The van der Waals surface area contributed by atoms with Crippen molar-refractivity contribution in [3.05, 3.63) is 77.6 Å². The Morgan fingerprint density at radius 2 is 1.48 bits per heavy atom. The van der Waals surface area contributed by atoms with Crippen molar-refractivity contribution in [1.82, 2.24) is 9.78 Å². The molecular weight excluding hydrogens is 381 g/mol. The molecule has 0 aliphatic heterocycles. The Hall–Kier alpha value is -2.96.